The Morgan fingerprint density at radius 2 is 2.00 bits per heavy atom. The summed E-state index contributed by atoms with van der Waals surface area (Å²) < 4.78 is 0. The maximum atomic E-state index is 12.2. The van der Waals surface area contributed by atoms with E-state index in [0.29, 0.717) is 13.0 Å². The van der Waals surface area contributed by atoms with Gasteiger partial charge in [-0.3, -0.25) is 4.79 Å². The van der Waals surface area contributed by atoms with Crippen LogP contribution in [0.25, 0.3) is 0 Å². The number of carboxylic acids is 1. The van der Waals surface area contributed by atoms with Crippen LogP contribution < -0.4 is 11.1 Å². The van der Waals surface area contributed by atoms with Crippen LogP contribution in [-0.4, -0.2) is 58.3 Å². The minimum Gasteiger partial charge on any atom is -0.480 e. The lowest BCUT2D eigenvalue weighted by molar-refractivity contribution is -0.139. The van der Waals surface area contributed by atoms with Crippen molar-refractivity contribution in [3.63, 3.8) is 0 Å². The standard InChI is InChI=1S/C13H23N3O5/c14-11(18)6-5-10(12(19)20)15-13(21)16(7-2-8-17)9-3-1-4-9/h9-10,17H,1-8H2,(H2,14,18)(H,15,21)(H,19,20)/t10-/m1/s1. The van der Waals surface area contributed by atoms with Crippen LogP contribution in [0.15, 0.2) is 0 Å². The molecule has 120 valence electrons. The number of aliphatic carboxylic acids is 1. The highest BCUT2D eigenvalue weighted by molar-refractivity contribution is 5.83. The molecular weight excluding hydrogens is 278 g/mol. The molecule has 0 aromatic carbocycles. The van der Waals surface area contributed by atoms with E-state index in [1.54, 1.807) is 4.90 Å². The van der Waals surface area contributed by atoms with E-state index in [1.807, 2.05) is 0 Å². The highest BCUT2D eigenvalue weighted by Crippen LogP contribution is 2.25. The second-order valence-electron chi connectivity index (χ2n) is 5.20. The Hall–Kier alpha value is -1.83. The van der Waals surface area contributed by atoms with E-state index in [9.17, 15) is 14.4 Å². The van der Waals surface area contributed by atoms with Crippen molar-refractivity contribution in [2.24, 2.45) is 5.73 Å². The lowest BCUT2D eigenvalue weighted by Gasteiger charge is -2.38. The number of carbonyl (C=O) groups excluding carboxylic acids is 2. The normalized spacial score (nSPS) is 15.9. The van der Waals surface area contributed by atoms with Gasteiger partial charge in [-0.15, -0.1) is 0 Å². The molecule has 0 saturated heterocycles. The molecule has 1 aliphatic carbocycles. The Labute approximate surface area is 123 Å². The first-order chi connectivity index (χ1) is 9.95. The number of urea groups is 1. The third-order valence-electron chi connectivity index (χ3n) is 3.61. The summed E-state index contributed by atoms with van der Waals surface area (Å²) in [5, 5.41) is 20.4. The third-order valence-corrected chi connectivity index (χ3v) is 3.61. The van der Waals surface area contributed by atoms with Gasteiger partial charge in [-0.2, -0.15) is 0 Å². The molecule has 0 spiro atoms. The predicted octanol–water partition coefficient (Wildman–Crippen LogP) is -0.348. The van der Waals surface area contributed by atoms with E-state index >= 15 is 0 Å². The van der Waals surface area contributed by atoms with Crippen molar-refractivity contribution in [2.45, 2.75) is 50.6 Å². The Kier molecular flexibility index (Phi) is 6.93. The summed E-state index contributed by atoms with van der Waals surface area (Å²) in [4.78, 5) is 35.6. The van der Waals surface area contributed by atoms with Gasteiger partial charge in [-0.25, -0.2) is 9.59 Å². The molecule has 1 rings (SSSR count). The van der Waals surface area contributed by atoms with Gasteiger partial charge in [0.15, 0.2) is 0 Å². The summed E-state index contributed by atoms with van der Waals surface area (Å²) in [6.07, 6.45) is 3.13. The van der Waals surface area contributed by atoms with Gasteiger partial charge in [-0.1, -0.05) is 0 Å². The van der Waals surface area contributed by atoms with Crippen LogP contribution in [0.4, 0.5) is 4.79 Å². The molecule has 1 fully saturated rings. The first kappa shape index (κ1) is 17.2. The van der Waals surface area contributed by atoms with Crippen LogP contribution in [0.3, 0.4) is 0 Å². The van der Waals surface area contributed by atoms with Gasteiger partial charge < -0.3 is 26.2 Å². The number of amides is 3. The smallest absolute Gasteiger partial charge is 0.326 e. The molecule has 8 nitrogen and oxygen atoms in total. The number of hydrogen-bond donors (Lipinski definition) is 4. The van der Waals surface area contributed by atoms with E-state index in [-0.39, 0.29) is 25.5 Å². The zero-order valence-electron chi connectivity index (χ0n) is 12.0. The lowest BCUT2D eigenvalue weighted by atomic mass is 9.91. The van der Waals surface area contributed by atoms with E-state index in [0.717, 1.165) is 19.3 Å². The number of nitrogens with two attached hydrogens (primary N) is 1. The Balaban J connectivity index is 2.58. The number of primary amides is 1. The highest BCUT2D eigenvalue weighted by atomic mass is 16.4. The van der Waals surface area contributed by atoms with E-state index in [1.165, 1.54) is 0 Å². The fourth-order valence-electron chi connectivity index (χ4n) is 2.17. The van der Waals surface area contributed by atoms with Gasteiger partial charge in [0.2, 0.25) is 5.91 Å². The molecule has 0 heterocycles. The summed E-state index contributed by atoms with van der Waals surface area (Å²) in [6.45, 7) is 0.357. The first-order valence-corrected chi connectivity index (χ1v) is 7.14. The molecule has 0 radical (unpaired) electrons. The van der Waals surface area contributed by atoms with Crippen LogP contribution in [-0.2, 0) is 9.59 Å². The van der Waals surface area contributed by atoms with Gasteiger partial charge >= 0.3 is 12.0 Å². The second kappa shape index (κ2) is 8.46. The van der Waals surface area contributed by atoms with Crippen LogP contribution in [0.5, 0.6) is 0 Å². The van der Waals surface area contributed by atoms with Crippen molar-refractivity contribution in [3.05, 3.63) is 0 Å². The summed E-state index contributed by atoms with van der Waals surface area (Å²) in [5.74, 6) is -1.80. The number of rotatable bonds is 9. The molecule has 3 amide bonds. The average Bonchev–Trinajstić information content (AvgIpc) is 2.36. The number of carbonyl (C=O) groups is 3. The molecule has 0 aromatic heterocycles. The zero-order valence-corrected chi connectivity index (χ0v) is 12.0. The number of carboxylic acid groups (broad SMARTS) is 1. The Bertz CT molecular complexity index is 384. The first-order valence-electron chi connectivity index (χ1n) is 7.14. The molecule has 1 saturated carbocycles. The minimum atomic E-state index is -1.19. The molecule has 0 bridgehead atoms. The molecule has 21 heavy (non-hydrogen) atoms. The largest absolute Gasteiger partial charge is 0.480 e. The van der Waals surface area contributed by atoms with Crippen molar-refractivity contribution in [2.75, 3.05) is 13.2 Å². The van der Waals surface area contributed by atoms with Gasteiger partial charge in [-0.05, 0) is 32.1 Å². The third kappa shape index (κ3) is 5.58. The topological polar surface area (TPSA) is 133 Å². The van der Waals surface area contributed by atoms with Gasteiger partial charge in [0.05, 0.1) is 0 Å². The van der Waals surface area contributed by atoms with Crippen LogP contribution in [0.1, 0.15) is 38.5 Å². The van der Waals surface area contributed by atoms with Crippen molar-refractivity contribution in [3.8, 4) is 0 Å². The monoisotopic (exact) mass is 301 g/mol. The Morgan fingerprint density at radius 1 is 1.33 bits per heavy atom. The summed E-state index contributed by atoms with van der Waals surface area (Å²) in [6, 6.07) is -1.51. The molecule has 1 aliphatic rings. The number of aliphatic hydroxyl groups is 1. The van der Waals surface area contributed by atoms with Crippen LogP contribution in [0.2, 0.25) is 0 Å². The van der Waals surface area contributed by atoms with E-state index in [2.05, 4.69) is 5.32 Å². The number of hydrogen-bond acceptors (Lipinski definition) is 4. The maximum absolute atomic E-state index is 12.2. The minimum absolute atomic E-state index is 0.0272. The SMILES string of the molecule is NC(=O)CC[C@@H](NC(=O)N(CCCO)C1CCC1)C(=O)O. The van der Waals surface area contributed by atoms with Crippen LogP contribution in [0, 0.1) is 0 Å². The molecule has 0 unspecified atom stereocenters. The second-order valence-corrected chi connectivity index (χ2v) is 5.20. The summed E-state index contributed by atoms with van der Waals surface area (Å²) in [5.41, 5.74) is 4.99. The summed E-state index contributed by atoms with van der Waals surface area (Å²) in [7, 11) is 0. The fraction of sp³-hybridized carbons (Fsp3) is 0.769. The van der Waals surface area contributed by atoms with Crippen molar-refractivity contribution < 1.29 is 24.6 Å². The zero-order chi connectivity index (χ0) is 15.8. The van der Waals surface area contributed by atoms with E-state index < -0.39 is 23.9 Å². The fourth-order valence-corrected chi connectivity index (χ4v) is 2.17. The van der Waals surface area contributed by atoms with Crippen molar-refractivity contribution >= 4 is 17.9 Å². The average molecular weight is 301 g/mol. The lowest BCUT2D eigenvalue weighted by Crippen LogP contribution is -2.53. The number of aliphatic hydroxyl groups excluding tert-OH is 1. The molecular formula is C13H23N3O5. The van der Waals surface area contributed by atoms with Crippen molar-refractivity contribution in [1.82, 2.24) is 10.2 Å². The predicted molar refractivity (Wildman–Crippen MR) is 74.4 cm³/mol. The van der Waals surface area contributed by atoms with Gasteiger partial charge in [0.25, 0.3) is 0 Å². The summed E-state index contributed by atoms with van der Waals surface area (Å²) >= 11 is 0. The van der Waals surface area contributed by atoms with Crippen molar-refractivity contribution in [1.29, 1.82) is 0 Å². The maximum Gasteiger partial charge on any atom is 0.326 e. The molecule has 8 heteroatoms. The molecule has 5 N–H and O–H groups in total. The molecule has 1 atom stereocenters. The van der Waals surface area contributed by atoms with Gasteiger partial charge in [0.1, 0.15) is 6.04 Å². The molecule has 0 aliphatic heterocycles. The quantitative estimate of drug-likeness (QED) is 0.462. The van der Waals surface area contributed by atoms with E-state index in [4.69, 9.17) is 15.9 Å². The molecule has 0 aromatic rings. The number of nitrogens with zero attached hydrogens (tertiary/aromatic N) is 1. The van der Waals surface area contributed by atoms with Crippen LogP contribution >= 0.6 is 0 Å². The Morgan fingerprint density at radius 3 is 2.43 bits per heavy atom. The van der Waals surface area contributed by atoms with Gasteiger partial charge in [0, 0.05) is 25.6 Å². The highest BCUT2D eigenvalue weighted by Gasteiger charge is 2.30. The number of nitrogens with one attached hydrogen (secondary N) is 1.